The molecule has 0 radical (unpaired) electrons. The van der Waals surface area contributed by atoms with Crippen LogP contribution >= 0.6 is 11.3 Å². The van der Waals surface area contributed by atoms with Crippen LogP contribution in [-0.2, 0) is 4.74 Å². The van der Waals surface area contributed by atoms with Crippen molar-refractivity contribution in [2.24, 2.45) is 5.73 Å². The molecule has 0 aliphatic rings. The van der Waals surface area contributed by atoms with Gasteiger partial charge in [0.2, 0.25) is 0 Å². The zero-order valence-electron chi connectivity index (χ0n) is 11.0. The minimum Gasteiger partial charge on any atom is -0.383 e. The van der Waals surface area contributed by atoms with Gasteiger partial charge in [-0.2, -0.15) is 0 Å². The maximum absolute atomic E-state index is 5.55. The summed E-state index contributed by atoms with van der Waals surface area (Å²) in [4.78, 5) is 2.75. The second-order valence-corrected chi connectivity index (χ2v) is 5.74. The van der Waals surface area contributed by atoms with E-state index in [1.54, 1.807) is 7.11 Å². The van der Waals surface area contributed by atoms with E-state index < -0.39 is 0 Å². The third-order valence-electron chi connectivity index (χ3n) is 2.80. The SMILES string of the molecule is COCC(CCCN)NC(C)c1ccc(C)s1. The Morgan fingerprint density at radius 2 is 2.24 bits per heavy atom. The average molecular weight is 256 g/mol. The minimum absolute atomic E-state index is 0.381. The van der Waals surface area contributed by atoms with E-state index in [0.29, 0.717) is 12.1 Å². The first kappa shape index (κ1) is 14.6. The van der Waals surface area contributed by atoms with Crippen LogP contribution in [0.15, 0.2) is 12.1 Å². The van der Waals surface area contributed by atoms with E-state index in [1.807, 2.05) is 11.3 Å². The first-order chi connectivity index (χ1) is 8.17. The molecule has 1 rings (SSSR count). The van der Waals surface area contributed by atoms with Crippen LogP contribution < -0.4 is 11.1 Å². The Labute approximate surface area is 108 Å². The average Bonchev–Trinajstić information content (AvgIpc) is 2.73. The molecule has 1 aromatic heterocycles. The highest BCUT2D eigenvalue weighted by Gasteiger charge is 2.14. The van der Waals surface area contributed by atoms with Crippen molar-refractivity contribution in [3.05, 3.63) is 21.9 Å². The molecule has 1 heterocycles. The van der Waals surface area contributed by atoms with Gasteiger partial charge in [-0.1, -0.05) is 0 Å². The molecule has 0 saturated carbocycles. The Balaban J connectivity index is 2.47. The summed E-state index contributed by atoms with van der Waals surface area (Å²) < 4.78 is 5.24. The van der Waals surface area contributed by atoms with Gasteiger partial charge in [0.25, 0.3) is 0 Å². The Bertz CT molecular complexity index is 314. The highest BCUT2D eigenvalue weighted by molar-refractivity contribution is 7.12. The number of hydrogen-bond donors (Lipinski definition) is 2. The van der Waals surface area contributed by atoms with E-state index >= 15 is 0 Å². The molecule has 4 heteroatoms. The van der Waals surface area contributed by atoms with Gasteiger partial charge in [0.05, 0.1) is 6.61 Å². The quantitative estimate of drug-likeness (QED) is 0.751. The maximum Gasteiger partial charge on any atom is 0.0616 e. The van der Waals surface area contributed by atoms with Crippen molar-refractivity contribution < 1.29 is 4.74 Å². The predicted molar refractivity (Wildman–Crippen MR) is 74.6 cm³/mol. The van der Waals surface area contributed by atoms with Crippen molar-refractivity contribution in [2.75, 3.05) is 20.3 Å². The largest absolute Gasteiger partial charge is 0.383 e. The first-order valence-corrected chi connectivity index (χ1v) is 7.00. The molecule has 0 aromatic carbocycles. The van der Waals surface area contributed by atoms with Gasteiger partial charge in [-0.25, -0.2) is 0 Å². The zero-order valence-corrected chi connectivity index (χ0v) is 11.8. The van der Waals surface area contributed by atoms with Gasteiger partial charge in [-0.15, -0.1) is 11.3 Å². The second kappa shape index (κ2) is 7.82. The summed E-state index contributed by atoms with van der Waals surface area (Å²) in [6, 6.07) is 5.14. The molecule has 3 N–H and O–H groups in total. The fraction of sp³-hybridized carbons (Fsp3) is 0.692. The van der Waals surface area contributed by atoms with E-state index in [-0.39, 0.29) is 0 Å². The molecule has 0 aliphatic heterocycles. The number of thiophene rings is 1. The molecular formula is C13H24N2OS. The Hall–Kier alpha value is -0.420. The Morgan fingerprint density at radius 3 is 2.76 bits per heavy atom. The molecule has 0 amide bonds. The lowest BCUT2D eigenvalue weighted by atomic mass is 10.1. The highest BCUT2D eigenvalue weighted by atomic mass is 32.1. The number of hydrogen-bond acceptors (Lipinski definition) is 4. The standard InChI is InChI=1S/C13H24N2OS/c1-10-6-7-13(17-10)11(2)15-12(9-16-3)5-4-8-14/h6-7,11-12,15H,4-5,8-9,14H2,1-3H3. The van der Waals surface area contributed by atoms with Gasteiger partial charge >= 0.3 is 0 Å². The third-order valence-corrected chi connectivity index (χ3v) is 3.98. The molecule has 3 nitrogen and oxygen atoms in total. The smallest absolute Gasteiger partial charge is 0.0616 e. The van der Waals surface area contributed by atoms with Gasteiger partial charge < -0.3 is 15.8 Å². The van der Waals surface area contributed by atoms with Crippen LogP contribution in [-0.4, -0.2) is 26.3 Å². The summed E-state index contributed by atoms with van der Waals surface area (Å²) in [5.41, 5.74) is 5.55. The molecule has 0 aliphatic carbocycles. The molecule has 0 bridgehead atoms. The van der Waals surface area contributed by atoms with E-state index in [0.717, 1.165) is 26.0 Å². The number of nitrogens with two attached hydrogens (primary N) is 1. The number of nitrogens with one attached hydrogen (secondary N) is 1. The summed E-state index contributed by atoms with van der Waals surface area (Å²) in [7, 11) is 1.75. The Kier molecular flexibility index (Phi) is 6.73. The number of aryl methyl sites for hydroxylation is 1. The summed E-state index contributed by atoms with van der Waals surface area (Å²) in [6.45, 7) is 5.83. The lowest BCUT2D eigenvalue weighted by molar-refractivity contribution is 0.157. The lowest BCUT2D eigenvalue weighted by Gasteiger charge is -2.22. The summed E-state index contributed by atoms with van der Waals surface area (Å²) in [5, 5.41) is 3.61. The number of methoxy groups -OCH3 is 1. The van der Waals surface area contributed by atoms with E-state index in [9.17, 15) is 0 Å². The minimum atomic E-state index is 0.381. The Morgan fingerprint density at radius 1 is 1.47 bits per heavy atom. The summed E-state index contributed by atoms with van der Waals surface area (Å²) in [6.07, 6.45) is 2.11. The number of rotatable bonds is 8. The van der Waals surface area contributed by atoms with Crippen LogP contribution in [0.2, 0.25) is 0 Å². The molecular weight excluding hydrogens is 232 g/mol. The first-order valence-electron chi connectivity index (χ1n) is 6.18. The number of ether oxygens (including phenoxy) is 1. The molecule has 2 atom stereocenters. The summed E-state index contributed by atoms with van der Waals surface area (Å²) >= 11 is 1.85. The van der Waals surface area contributed by atoms with Crippen molar-refractivity contribution in [1.82, 2.24) is 5.32 Å². The van der Waals surface area contributed by atoms with Crippen LogP contribution in [0, 0.1) is 6.92 Å². The fourth-order valence-corrected chi connectivity index (χ4v) is 2.79. The topological polar surface area (TPSA) is 47.3 Å². The third kappa shape index (κ3) is 5.17. The van der Waals surface area contributed by atoms with Gasteiger partial charge in [0, 0.05) is 28.9 Å². The van der Waals surface area contributed by atoms with Gasteiger partial charge in [0.15, 0.2) is 0 Å². The molecule has 0 fully saturated rings. The molecule has 0 spiro atoms. The van der Waals surface area contributed by atoms with Crippen molar-refractivity contribution in [1.29, 1.82) is 0 Å². The van der Waals surface area contributed by atoms with Crippen molar-refractivity contribution in [3.8, 4) is 0 Å². The van der Waals surface area contributed by atoms with Gasteiger partial charge in [-0.05, 0) is 45.4 Å². The van der Waals surface area contributed by atoms with Gasteiger partial charge in [-0.3, -0.25) is 0 Å². The fourth-order valence-electron chi connectivity index (χ4n) is 1.90. The summed E-state index contributed by atoms with van der Waals surface area (Å²) in [5.74, 6) is 0. The molecule has 1 aromatic rings. The van der Waals surface area contributed by atoms with Crippen LogP contribution in [0.4, 0.5) is 0 Å². The van der Waals surface area contributed by atoms with Crippen LogP contribution in [0.1, 0.15) is 35.6 Å². The van der Waals surface area contributed by atoms with Crippen molar-refractivity contribution >= 4 is 11.3 Å². The van der Waals surface area contributed by atoms with Crippen LogP contribution in [0.5, 0.6) is 0 Å². The van der Waals surface area contributed by atoms with Gasteiger partial charge in [0.1, 0.15) is 0 Å². The predicted octanol–water partition coefficient (Wildman–Crippen LogP) is 2.46. The highest BCUT2D eigenvalue weighted by Crippen LogP contribution is 2.23. The second-order valence-electron chi connectivity index (χ2n) is 4.42. The van der Waals surface area contributed by atoms with E-state index in [2.05, 4.69) is 31.3 Å². The molecule has 0 saturated heterocycles. The zero-order chi connectivity index (χ0) is 12.7. The van der Waals surface area contributed by atoms with E-state index in [1.165, 1.54) is 9.75 Å². The van der Waals surface area contributed by atoms with E-state index in [4.69, 9.17) is 10.5 Å². The maximum atomic E-state index is 5.55. The molecule has 2 unspecified atom stereocenters. The van der Waals surface area contributed by atoms with Crippen LogP contribution in [0.25, 0.3) is 0 Å². The normalized spacial score (nSPS) is 14.8. The van der Waals surface area contributed by atoms with Crippen molar-refractivity contribution in [2.45, 2.75) is 38.8 Å². The molecule has 17 heavy (non-hydrogen) atoms. The monoisotopic (exact) mass is 256 g/mol. The molecule has 98 valence electrons. The van der Waals surface area contributed by atoms with Crippen molar-refractivity contribution in [3.63, 3.8) is 0 Å². The van der Waals surface area contributed by atoms with Crippen LogP contribution in [0.3, 0.4) is 0 Å². The lowest BCUT2D eigenvalue weighted by Crippen LogP contribution is -2.35.